The molecular weight excluding hydrogens is 492 g/mol. The number of aliphatic imine (C=N–C) groups is 1. The highest BCUT2D eigenvalue weighted by molar-refractivity contribution is 14.0. The lowest BCUT2D eigenvalue weighted by Crippen LogP contribution is -2.38. The molecule has 0 saturated carbocycles. The van der Waals surface area contributed by atoms with E-state index in [0.717, 1.165) is 24.9 Å². The first-order valence-electron chi connectivity index (χ1n) is 8.91. The first-order chi connectivity index (χ1) is 12.4. The monoisotopic (exact) mass is 518 g/mol. The standard InChI is InChI=1S/C18H26ClF3N4.HI/c1-2-23-17(24-8-6-14-4-3-5-16(19)10-14)25-11-15-7-9-26(12-15)13-18(20,21)22;/h3-5,10,15H,2,6-9,11-13H2,1H3,(H2,23,24,25);1H. The van der Waals surface area contributed by atoms with Gasteiger partial charge in [-0.25, -0.2) is 0 Å². The molecular formula is C18H27ClF3IN4. The van der Waals surface area contributed by atoms with Gasteiger partial charge in [0.25, 0.3) is 0 Å². The SMILES string of the molecule is CCNC(=NCC1CCN(CC(F)(F)F)C1)NCCc1cccc(Cl)c1.I. The van der Waals surface area contributed by atoms with Gasteiger partial charge in [0.2, 0.25) is 0 Å². The van der Waals surface area contributed by atoms with Crippen molar-refractivity contribution < 1.29 is 13.2 Å². The van der Waals surface area contributed by atoms with Crippen LogP contribution in [0.5, 0.6) is 0 Å². The summed E-state index contributed by atoms with van der Waals surface area (Å²) in [4.78, 5) is 5.99. The number of alkyl halides is 3. The minimum Gasteiger partial charge on any atom is -0.357 e. The number of halogens is 5. The van der Waals surface area contributed by atoms with E-state index in [1.165, 1.54) is 4.90 Å². The highest BCUT2D eigenvalue weighted by Crippen LogP contribution is 2.22. The fraction of sp³-hybridized carbons (Fsp3) is 0.611. The first kappa shape index (κ1) is 24.3. The van der Waals surface area contributed by atoms with E-state index in [1.807, 2.05) is 31.2 Å². The number of hydrogen-bond donors (Lipinski definition) is 2. The molecule has 1 aromatic rings. The highest BCUT2D eigenvalue weighted by atomic mass is 127. The number of rotatable bonds is 7. The number of nitrogens with one attached hydrogen (secondary N) is 2. The van der Waals surface area contributed by atoms with Crippen LogP contribution in [0, 0.1) is 5.92 Å². The van der Waals surface area contributed by atoms with Gasteiger partial charge in [0, 0.05) is 31.2 Å². The van der Waals surface area contributed by atoms with Crippen LogP contribution >= 0.6 is 35.6 Å². The predicted molar refractivity (Wildman–Crippen MR) is 115 cm³/mol. The van der Waals surface area contributed by atoms with Crippen LogP contribution in [0.1, 0.15) is 18.9 Å². The van der Waals surface area contributed by atoms with Crippen LogP contribution in [0.4, 0.5) is 13.2 Å². The van der Waals surface area contributed by atoms with Gasteiger partial charge in [-0.15, -0.1) is 24.0 Å². The van der Waals surface area contributed by atoms with E-state index in [-0.39, 0.29) is 29.9 Å². The quantitative estimate of drug-likeness (QED) is 0.326. The van der Waals surface area contributed by atoms with Gasteiger partial charge in [-0.1, -0.05) is 23.7 Å². The maximum Gasteiger partial charge on any atom is 0.401 e. The van der Waals surface area contributed by atoms with Crippen LogP contribution in [0.2, 0.25) is 5.02 Å². The molecule has 0 amide bonds. The molecule has 27 heavy (non-hydrogen) atoms. The molecule has 1 aliphatic rings. The van der Waals surface area contributed by atoms with Crippen molar-refractivity contribution in [2.45, 2.75) is 25.9 Å². The maximum atomic E-state index is 12.5. The third kappa shape index (κ3) is 9.84. The summed E-state index contributed by atoms with van der Waals surface area (Å²) in [6.45, 7) is 4.05. The van der Waals surface area contributed by atoms with Crippen molar-refractivity contribution in [3.05, 3.63) is 34.9 Å². The van der Waals surface area contributed by atoms with E-state index in [0.29, 0.717) is 37.2 Å². The Kier molecular flexibility index (Phi) is 10.8. The molecule has 2 rings (SSSR count). The maximum absolute atomic E-state index is 12.5. The van der Waals surface area contributed by atoms with Crippen LogP contribution in [0.15, 0.2) is 29.3 Å². The molecule has 0 radical (unpaired) electrons. The molecule has 0 aromatic heterocycles. The smallest absolute Gasteiger partial charge is 0.357 e. The molecule has 1 atom stereocenters. The summed E-state index contributed by atoms with van der Waals surface area (Å²) in [6.07, 6.45) is -2.57. The Balaban J connectivity index is 0.00000364. The minimum absolute atomic E-state index is 0. The van der Waals surface area contributed by atoms with E-state index < -0.39 is 12.7 Å². The second-order valence-electron chi connectivity index (χ2n) is 6.53. The molecule has 1 aliphatic heterocycles. The molecule has 1 fully saturated rings. The van der Waals surface area contributed by atoms with E-state index in [1.54, 1.807) is 0 Å². The Labute approximate surface area is 181 Å². The van der Waals surface area contributed by atoms with Gasteiger partial charge in [0.05, 0.1) is 6.54 Å². The van der Waals surface area contributed by atoms with E-state index in [9.17, 15) is 13.2 Å². The van der Waals surface area contributed by atoms with Gasteiger partial charge in [-0.3, -0.25) is 9.89 Å². The topological polar surface area (TPSA) is 39.7 Å². The molecule has 0 aliphatic carbocycles. The van der Waals surface area contributed by atoms with E-state index in [2.05, 4.69) is 15.6 Å². The third-order valence-electron chi connectivity index (χ3n) is 4.22. The molecule has 4 nitrogen and oxygen atoms in total. The Bertz CT molecular complexity index is 598. The zero-order chi connectivity index (χ0) is 19.0. The summed E-state index contributed by atoms with van der Waals surface area (Å²) in [7, 11) is 0. The number of benzene rings is 1. The van der Waals surface area contributed by atoms with Crippen molar-refractivity contribution in [2.75, 3.05) is 39.3 Å². The Hall–Kier alpha value is -0.740. The fourth-order valence-corrected chi connectivity index (χ4v) is 3.25. The van der Waals surface area contributed by atoms with E-state index >= 15 is 0 Å². The lowest BCUT2D eigenvalue weighted by Gasteiger charge is -2.17. The molecule has 1 saturated heterocycles. The summed E-state index contributed by atoms with van der Waals surface area (Å²) in [6, 6.07) is 7.71. The average Bonchev–Trinajstić information content (AvgIpc) is 2.98. The summed E-state index contributed by atoms with van der Waals surface area (Å²) >= 11 is 5.98. The van der Waals surface area contributed by atoms with Crippen molar-refractivity contribution >= 4 is 41.5 Å². The summed E-state index contributed by atoms with van der Waals surface area (Å²) in [5.41, 5.74) is 1.14. The van der Waals surface area contributed by atoms with Crippen LogP contribution in [0.25, 0.3) is 0 Å². The molecule has 2 N–H and O–H groups in total. The lowest BCUT2D eigenvalue weighted by atomic mass is 10.1. The largest absolute Gasteiger partial charge is 0.401 e. The Morgan fingerprint density at radius 1 is 1.33 bits per heavy atom. The Morgan fingerprint density at radius 3 is 2.78 bits per heavy atom. The van der Waals surface area contributed by atoms with Crippen molar-refractivity contribution in [1.82, 2.24) is 15.5 Å². The van der Waals surface area contributed by atoms with Crippen LogP contribution in [-0.2, 0) is 6.42 Å². The van der Waals surface area contributed by atoms with Crippen molar-refractivity contribution in [2.24, 2.45) is 10.9 Å². The number of guanidine groups is 1. The number of hydrogen-bond acceptors (Lipinski definition) is 2. The molecule has 154 valence electrons. The normalized spacial score (nSPS) is 18.3. The molecule has 0 bridgehead atoms. The van der Waals surface area contributed by atoms with Crippen molar-refractivity contribution in [3.63, 3.8) is 0 Å². The third-order valence-corrected chi connectivity index (χ3v) is 4.45. The van der Waals surface area contributed by atoms with Crippen molar-refractivity contribution in [1.29, 1.82) is 0 Å². The zero-order valence-electron chi connectivity index (χ0n) is 15.4. The first-order valence-corrected chi connectivity index (χ1v) is 9.29. The Morgan fingerprint density at radius 2 is 2.11 bits per heavy atom. The van der Waals surface area contributed by atoms with Crippen molar-refractivity contribution in [3.8, 4) is 0 Å². The summed E-state index contributed by atoms with van der Waals surface area (Å²) < 4.78 is 37.4. The molecule has 1 aromatic carbocycles. The van der Waals surface area contributed by atoms with E-state index in [4.69, 9.17) is 11.6 Å². The highest BCUT2D eigenvalue weighted by Gasteiger charge is 2.34. The molecule has 1 heterocycles. The average molecular weight is 519 g/mol. The summed E-state index contributed by atoms with van der Waals surface area (Å²) in [5, 5.41) is 7.15. The zero-order valence-corrected chi connectivity index (χ0v) is 18.4. The lowest BCUT2D eigenvalue weighted by molar-refractivity contribution is -0.143. The van der Waals surface area contributed by atoms with Gasteiger partial charge >= 0.3 is 6.18 Å². The second-order valence-corrected chi connectivity index (χ2v) is 6.97. The molecule has 0 spiro atoms. The van der Waals surface area contributed by atoms with Gasteiger partial charge in [0.1, 0.15) is 0 Å². The predicted octanol–water partition coefficient (Wildman–Crippen LogP) is 3.94. The fourth-order valence-electron chi connectivity index (χ4n) is 3.04. The van der Waals surface area contributed by atoms with Crippen LogP contribution in [0.3, 0.4) is 0 Å². The van der Waals surface area contributed by atoms with Gasteiger partial charge in [-0.2, -0.15) is 13.2 Å². The van der Waals surface area contributed by atoms with Gasteiger partial charge < -0.3 is 10.6 Å². The van der Waals surface area contributed by atoms with Gasteiger partial charge in [-0.05, 0) is 49.9 Å². The molecule has 1 unspecified atom stereocenters. The number of nitrogens with zero attached hydrogens (tertiary/aromatic N) is 2. The van der Waals surface area contributed by atoms with Crippen LogP contribution in [-0.4, -0.2) is 56.3 Å². The number of likely N-dealkylation sites (tertiary alicyclic amines) is 1. The van der Waals surface area contributed by atoms with Crippen LogP contribution < -0.4 is 10.6 Å². The minimum atomic E-state index is -4.13. The van der Waals surface area contributed by atoms with Gasteiger partial charge in [0.15, 0.2) is 5.96 Å². The molecule has 9 heteroatoms. The second kappa shape index (κ2) is 12.0. The summed E-state index contributed by atoms with van der Waals surface area (Å²) in [5.74, 6) is 0.865.